The number of amides is 3. The summed E-state index contributed by atoms with van der Waals surface area (Å²) in [6, 6.07) is 9.01. The third kappa shape index (κ3) is 3.73. The summed E-state index contributed by atoms with van der Waals surface area (Å²) in [5, 5.41) is 11.0. The van der Waals surface area contributed by atoms with Crippen LogP contribution in [0.25, 0.3) is 11.3 Å². The van der Waals surface area contributed by atoms with E-state index in [1.165, 1.54) is 17.0 Å². The number of halogens is 1. The van der Waals surface area contributed by atoms with Gasteiger partial charge < -0.3 is 9.64 Å². The highest BCUT2D eigenvalue weighted by Gasteiger charge is 2.39. The van der Waals surface area contributed by atoms with Crippen molar-refractivity contribution >= 4 is 17.7 Å². The molecule has 6 rings (SSSR count). The number of carbonyl (C=O) groups is 3. The summed E-state index contributed by atoms with van der Waals surface area (Å²) in [5.74, 6) is -0.695. The van der Waals surface area contributed by atoms with Crippen molar-refractivity contribution in [3.63, 3.8) is 0 Å². The number of imide groups is 1. The first kappa shape index (κ1) is 22.4. The Kier molecular flexibility index (Phi) is 4.96. The third-order valence-corrected chi connectivity index (χ3v) is 7.05. The first-order valence-corrected chi connectivity index (χ1v) is 11.9. The minimum Gasteiger partial charge on any atom is -0.487 e. The van der Waals surface area contributed by atoms with Crippen molar-refractivity contribution in [1.82, 2.24) is 25.2 Å². The maximum absolute atomic E-state index is 14.0. The van der Waals surface area contributed by atoms with Gasteiger partial charge in [0.1, 0.15) is 28.9 Å². The lowest BCUT2D eigenvalue weighted by atomic mass is 9.89. The monoisotopic (exact) mass is 489 g/mol. The molecule has 0 spiro atoms. The molecule has 1 N–H and O–H groups in total. The quantitative estimate of drug-likeness (QED) is 0.567. The van der Waals surface area contributed by atoms with E-state index in [1.807, 2.05) is 26.1 Å². The van der Waals surface area contributed by atoms with Crippen LogP contribution in [-0.4, -0.2) is 49.3 Å². The number of nitrogens with one attached hydrogen (secondary N) is 1. The van der Waals surface area contributed by atoms with Crippen LogP contribution >= 0.6 is 0 Å². The van der Waals surface area contributed by atoms with Crippen molar-refractivity contribution in [2.75, 3.05) is 0 Å². The number of benzene rings is 2. The summed E-state index contributed by atoms with van der Waals surface area (Å²) in [5.41, 5.74) is 2.97. The molecule has 184 valence electrons. The fourth-order valence-corrected chi connectivity index (χ4v) is 5.32. The molecule has 10 heteroatoms. The van der Waals surface area contributed by atoms with Crippen LogP contribution in [0.2, 0.25) is 0 Å². The molecule has 0 radical (unpaired) electrons. The van der Waals surface area contributed by atoms with Gasteiger partial charge in [0.05, 0.1) is 12.2 Å². The zero-order valence-electron chi connectivity index (χ0n) is 19.8. The Morgan fingerprint density at radius 3 is 2.75 bits per heavy atom. The minimum atomic E-state index is -0.663. The lowest BCUT2D eigenvalue weighted by Gasteiger charge is -2.37. The van der Waals surface area contributed by atoms with Gasteiger partial charge in [-0.05, 0) is 56.2 Å². The maximum atomic E-state index is 14.0. The Balaban J connectivity index is 1.28. The molecule has 3 amide bonds. The highest BCUT2D eigenvalue weighted by atomic mass is 19.1. The number of carbonyl (C=O) groups excluding carboxylic acids is 3. The Morgan fingerprint density at radius 1 is 1.11 bits per heavy atom. The van der Waals surface area contributed by atoms with Gasteiger partial charge in [-0.1, -0.05) is 11.3 Å². The first-order valence-electron chi connectivity index (χ1n) is 11.9. The van der Waals surface area contributed by atoms with E-state index in [0.29, 0.717) is 35.4 Å². The van der Waals surface area contributed by atoms with Crippen molar-refractivity contribution in [1.29, 1.82) is 0 Å². The van der Waals surface area contributed by atoms with Crippen LogP contribution < -0.4 is 10.1 Å². The van der Waals surface area contributed by atoms with Crippen molar-refractivity contribution in [2.45, 2.75) is 57.3 Å². The smallest absolute Gasteiger partial charge is 0.255 e. The van der Waals surface area contributed by atoms with Gasteiger partial charge in [0, 0.05) is 36.1 Å². The Morgan fingerprint density at radius 2 is 1.94 bits per heavy atom. The van der Waals surface area contributed by atoms with E-state index in [1.54, 1.807) is 22.9 Å². The molecule has 0 saturated carbocycles. The van der Waals surface area contributed by atoms with Gasteiger partial charge in [0.25, 0.3) is 5.91 Å². The minimum absolute atomic E-state index is 0.209. The summed E-state index contributed by atoms with van der Waals surface area (Å²) in [7, 11) is 0. The molecule has 1 aromatic heterocycles. The largest absolute Gasteiger partial charge is 0.487 e. The molecule has 4 heterocycles. The van der Waals surface area contributed by atoms with Gasteiger partial charge >= 0.3 is 0 Å². The molecule has 36 heavy (non-hydrogen) atoms. The highest BCUT2D eigenvalue weighted by molar-refractivity contribution is 6.05. The normalized spacial score (nSPS) is 22.6. The summed E-state index contributed by atoms with van der Waals surface area (Å²) in [6.07, 6.45) is 2.93. The van der Waals surface area contributed by atoms with Crippen molar-refractivity contribution in [3.05, 3.63) is 65.1 Å². The third-order valence-electron chi connectivity index (χ3n) is 7.05. The van der Waals surface area contributed by atoms with Crippen LogP contribution in [-0.2, 0) is 16.1 Å². The van der Waals surface area contributed by atoms with Gasteiger partial charge in [-0.15, -0.1) is 5.10 Å². The topological polar surface area (TPSA) is 106 Å². The number of piperidine rings is 1. The number of fused-ring (bicyclic) bond motifs is 2. The van der Waals surface area contributed by atoms with E-state index in [9.17, 15) is 18.8 Å². The number of rotatable bonds is 3. The van der Waals surface area contributed by atoms with Crippen molar-refractivity contribution < 1.29 is 23.5 Å². The molecule has 2 atom stereocenters. The molecule has 1 saturated heterocycles. The molecule has 2 aromatic carbocycles. The van der Waals surface area contributed by atoms with Crippen LogP contribution in [0.3, 0.4) is 0 Å². The molecule has 3 aromatic rings. The number of ether oxygens (including phenoxy) is 1. The molecule has 1 fully saturated rings. The molecular weight excluding hydrogens is 465 g/mol. The SMILES string of the molecule is CC1(C)C[C@H](n2cc(-c3ccc4c(c3)CN(C3CCC(=O)NC3=O)C4=O)nn2)c2cc(F)ccc2O1. The zero-order valence-corrected chi connectivity index (χ0v) is 19.8. The number of nitrogens with zero attached hydrogens (tertiary/aromatic N) is 4. The second-order valence-corrected chi connectivity index (χ2v) is 10.1. The van der Waals surface area contributed by atoms with Crippen LogP contribution in [0.1, 0.15) is 60.6 Å². The molecular formula is C26H24FN5O4. The summed E-state index contributed by atoms with van der Waals surface area (Å²) in [6.45, 7) is 4.25. The fourth-order valence-electron chi connectivity index (χ4n) is 5.32. The fraction of sp³-hybridized carbons (Fsp3) is 0.346. The molecule has 0 aliphatic carbocycles. The Labute approximate surface area is 206 Å². The predicted octanol–water partition coefficient (Wildman–Crippen LogP) is 3.00. The van der Waals surface area contributed by atoms with Crippen molar-refractivity contribution in [2.24, 2.45) is 0 Å². The van der Waals surface area contributed by atoms with Crippen LogP contribution in [0.4, 0.5) is 4.39 Å². The second kappa shape index (κ2) is 7.97. The van der Waals surface area contributed by atoms with Crippen LogP contribution in [0.15, 0.2) is 42.6 Å². The van der Waals surface area contributed by atoms with Crippen LogP contribution in [0, 0.1) is 5.82 Å². The standard InChI is InChI=1S/C26H24FN5O4/c1-26(2)11-21(18-10-16(27)4-7-22(18)36-26)32-13-19(29-30-32)14-3-5-17-15(9-14)12-31(25(17)35)20-6-8-23(33)28-24(20)34/h3-5,7,9-10,13,20-21H,6,8,11-12H2,1-2H3,(H,28,33,34)/t20?,21-/m0/s1. The van der Waals surface area contributed by atoms with Gasteiger partial charge in [0.15, 0.2) is 0 Å². The number of aromatic nitrogens is 3. The van der Waals surface area contributed by atoms with E-state index < -0.39 is 17.6 Å². The lowest BCUT2D eigenvalue weighted by Crippen LogP contribution is -2.52. The van der Waals surface area contributed by atoms with Gasteiger partial charge in [-0.2, -0.15) is 0 Å². The Hall–Kier alpha value is -4.08. The predicted molar refractivity (Wildman–Crippen MR) is 125 cm³/mol. The van der Waals surface area contributed by atoms with E-state index in [4.69, 9.17) is 4.74 Å². The van der Waals surface area contributed by atoms with Gasteiger partial charge in [-0.25, -0.2) is 9.07 Å². The number of hydrogen-bond acceptors (Lipinski definition) is 6. The maximum Gasteiger partial charge on any atom is 0.255 e. The van der Waals surface area contributed by atoms with Gasteiger partial charge in [0.2, 0.25) is 11.8 Å². The first-order chi connectivity index (χ1) is 17.2. The molecule has 3 aliphatic heterocycles. The van der Waals surface area contributed by atoms with Crippen LogP contribution in [0.5, 0.6) is 5.75 Å². The second-order valence-electron chi connectivity index (χ2n) is 10.1. The van der Waals surface area contributed by atoms with E-state index in [0.717, 1.165) is 11.1 Å². The molecule has 3 aliphatic rings. The van der Waals surface area contributed by atoms with E-state index >= 15 is 0 Å². The Bertz CT molecular complexity index is 1430. The highest BCUT2D eigenvalue weighted by Crippen LogP contribution is 2.42. The zero-order chi connectivity index (χ0) is 25.2. The molecule has 9 nitrogen and oxygen atoms in total. The van der Waals surface area contributed by atoms with E-state index in [2.05, 4.69) is 15.6 Å². The van der Waals surface area contributed by atoms with Gasteiger partial charge in [-0.3, -0.25) is 19.7 Å². The molecule has 1 unspecified atom stereocenters. The number of hydrogen-bond donors (Lipinski definition) is 1. The summed E-state index contributed by atoms with van der Waals surface area (Å²) >= 11 is 0. The average molecular weight is 490 g/mol. The van der Waals surface area contributed by atoms with E-state index in [-0.39, 0.29) is 36.6 Å². The summed E-state index contributed by atoms with van der Waals surface area (Å²) in [4.78, 5) is 38.3. The lowest BCUT2D eigenvalue weighted by molar-refractivity contribution is -0.136. The van der Waals surface area contributed by atoms with Crippen molar-refractivity contribution in [3.8, 4) is 17.0 Å². The molecule has 0 bridgehead atoms. The summed E-state index contributed by atoms with van der Waals surface area (Å²) < 4.78 is 21.8. The average Bonchev–Trinajstić information content (AvgIpc) is 3.44.